The number of hydrogen-bond donors (Lipinski definition) is 1. The van der Waals surface area contributed by atoms with Crippen LogP contribution in [0.5, 0.6) is 5.75 Å². The lowest BCUT2D eigenvalue weighted by atomic mass is 10.2. The molecule has 2 aromatic rings. The van der Waals surface area contributed by atoms with Gasteiger partial charge < -0.3 is 10.1 Å². The second-order valence-corrected chi connectivity index (χ2v) is 6.16. The van der Waals surface area contributed by atoms with Crippen LogP contribution in [-0.2, 0) is 11.5 Å². The standard InChI is InChI=1S/C15H19N3OS2/c1-16-14-8-12(10-20-3)17-15(18-14)21-9-11-4-6-13(19-2)7-5-11/h4-8H,9-10H2,1-3H3,(H,16,17,18). The van der Waals surface area contributed by atoms with Crippen LogP contribution in [0.25, 0.3) is 0 Å². The van der Waals surface area contributed by atoms with E-state index in [1.54, 1.807) is 30.6 Å². The quantitative estimate of drug-likeness (QED) is 0.620. The van der Waals surface area contributed by atoms with Gasteiger partial charge in [-0.3, -0.25) is 0 Å². The largest absolute Gasteiger partial charge is 0.497 e. The van der Waals surface area contributed by atoms with Gasteiger partial charge in [-0.25, -0.2) is 9.97 Å². The van der Waals surface area contributed by atoms with Crippen LogP contribution in [0.15, 0.2) is 35.5 Å². The Morgan fingerprint density at radius 2 is 1.90 bits per heavy atom. The van der Waals surface area contributed by atoms with Crippen molar-refractivity contribution in [2.45, 2.75) is 16.7 Å². The van der Waals surface area contributed by atoms with E-state index in [0.29, 0.717) is 0 Å². The molecule has 1 aromatic heterocycles. The maximum Gasteiger partial charge on any atom is 0.190 e. The summed E-state index contributed by atoms with van der Waals surface area (Å²) in [6.07, 6.45) is 2.07. The van der Waals surface area contributed by atoms with Crippen LogP contribution in [-0.4, -0.2) is 30.4 Å². The van der Waals surface area contributed by atoms with Crippen molar-refractivity contribution >= 4 is 29.3 Å². The van der Waals surface area contributed by atoms with Gasteiger partial charge in [-0.15, -0.1) is 0 Å². The van der Waals surface area contributed by atoms with Crippen LogP contribution in [0.4, 0.5) is 5.82 Å². The van der Waals surface area contributed by atoms with E-state index in [1.165, 1.54) is 5.56 Å². The zero-order valence-electron chi connectivity index (χ0n) is 12.4. The van der Waals surface area contributed by atoms with Crippen molar-refractivity contribution in [3.63, 3.8) is 0 Å². The first-order valence-electron chi connectivity index (χ1n) is 6.55. The number of nitrogens with zero attached hydrogens (tertiary/aromatic N) is 2. The van der Waals surface area contributed by atoms with E-state index in [4.69, 9.17) is 4.74 Å². The first-order valence-corrected chi connectivity index (χ1v) is 8.93. The fourth-order valence-electron chi connectivity index (χ4n) is 1.76. The minimum atomic E-state index is 0.807. The molecule has 1 N–H and O–H groups in total. The molecule has 6 heteroatoms. The smallest absolute Gasteiger partial charge is 0.190 e. The average molecular weight is 321 g/mol. The van der Waals surface area contributed by atoms with Crippen molar-refractivity contribution < 1.29 is 4.74 Å². The first-order chi connectivity index (χ1) is 10.2. The molecule has 2 rings (SSSR count). The predicted molar refractivity (Wildman–Crippen MR) is 91.4 cm³/mol. The lowest BCUT2D eigenvalue weighted by molar-refractivity contribution is 0.414. The molecule has 0 unspecified atom stereocenters. The van der Waals surface area contributed by atoms with Crippen LogP contribution in [0.3, 0.4) is 0 Å². The molecule has 0 saturated carbocycles. The Bertz CT molecular complexity index is 576. The third-order valence-corrected chi connectivity index (χ3v) is 4.34. The van der Waals surface area contributed by atoms with Crippen molar-refractivity contribution in [1.29, 1.82) is 0 Å². The second kappa shape index (κ2) is 8.14. The Labute approximate surface area is 134 Å². The summed E-state index contributed by atoms with van der Waals surface area (Å²) >= 11 is 3.40. The Morgan fingerprint density at radius 1 is 1.14 bits per heavy atom. The summed E-state index contributed by atoms with van der Waals surface area (Å²) in [7, 11) is 3.55. The SMILES string of the molecule is CNc1cc(CSC)nc(SCc2ccc(OC)cc2)n1. The highest BCUT2D eigenvalue weighted by Gasteiger charge is 2.05. The van der Waals surface area contributed by atoms with Gasteiger partial charge in [0.15, 0.2) is 5.16 Å². The minimum absolute atomic E-state index is 0.807. The van der Waals surface area contributed by atoms with E-state index in [2.05, 4.69) is 33.7 Å². The van der Waals surface area contributed by atoms with Crippen molar-refractivity contribution in [2.75, 3.05) is 25.7 Å². The highest BCUT2D eigenvalue weighted by molar-refractivity contribution is 7.98. The number of benzene rings is 1. The normalized spacial score (nSPS) is 10.4. The number of nitrogens with one attached hydrogen (secondary N) is 1. The highest BCUT2D eigenvalue weighted by atomic mass is 32.2. The van der Waals surface area contributed by atoms with Crippen molar-refractivity contribution in [2.24, 2.45) is 0 Å². The molecule has 0 atom stereocenters. The molecule has 0 radical (unpaired) electrons. The molecule has 0 amide bonds. The molecule has 0 bridgehead atoms. The molecule has 0 spiro atoms. The summed E-state index contributed by atoms with van der Waals surface area (Å²) in [5.74, 6) is 3.48. The van der Waals surface area contributed by atoms with Crippen LogP contribution in [0.2, 0.25) is 0 Å². The number of aromatic nitrogens is 2. The van der Waals surface area contributed by atoms with E-state index in [1.807, 2.05) is 25.2 Å². The number of hydrogen-bond acceptors (Lipinski definition) is 6. The van der Waals surface area contributed by atoms with Crippen LogP contribution in [0.1, 0.15) is 11.3 Å². The van der Waals surface area contributed by atoms with E-state index in [-0.39, 0.29) is 0 Å². The number of rotatable bonds is 7. The van der Waals surface area contributed by atoms with Gasteiger partial charge in [0, 0.05) is 24.6 Å². The molecule has 21 heavy (non-hydrogen) atoms. The van der Waals surface area contributed by atoms with Gasteiger partial charge >= 0.3 is 0 Å². The zero-order valence-corrected chi connectivity index (χ0v) is 14.1. The number of thioether (sulfide) groups is 2. The molecular weight excluding hydrogens is 302 g/mol. The number of ether oxygens (including phenoxy) is 1. The highest BCUT2D eigenvalue weighted by Crippen LogP contribution is 2.23. The van der Waals surface area contributed by atoms with Gasteiger partial charge in [0.1, 0.15) is 11.6 Å². The van der Waals surface area contributed by atoms with Gasteiger partial charge in [0.2, 0.25) is 0 Å². The summed E-state index contributed by atoms with van der Waals surface area (Å²) in [6, 6.07) is 10.1. The fourth-order valence-corrected chi connectivity index (χ4v) is 3.03. The van der Waals surface area contributed by atoms with Gasteiger partial charge in [-0.1, -0.05) is 23.9 Å². The maximum absolute atomic E-state index is 5.16. The maximum atomic E-state index is 5.16. The topological polar surface area (TPSA) is 47.0 Å². The van der Waals surface area contributed by atoms with E-state index >= 15 is 0 Å². The van der Waals surface area contributed by atoms with Gasteiger partial charge in [0.05, 0.1) is 12.8 Å². The minimum Gasteiger partial charge on any atom is -0.497 e. The lowest BCUT2D eigenvalue weighted by Gasteiger charge is -2.07. The Balaban J connectivity index is 2.05. The van der Waals surface area contributed by atoms with Crippen LogP contribution < -0.4 is 10.1 Å². The van der Waals surface area contributed by atoms with E-state index < -0.39 is 0 Å². The van der Waals surface area contributed by atoms with Gasteiger partial charge in [-0.2, -0.15) is 11.8 Å². The van der Waals surface area contributed by atoms with Gasteiger partial charge in [-0.05, 0) is 24.0 Å². The Hall–Kier alpha value is -1.40. The molecular formula is C15H19N3OS2. The van der Waals surface area contributed by atoms with E-state index in [9.17, 15) is 0 Å². The summed E-state index contributed by atoms with van der Waals surface area (Å²) in [4.78, 5) is 9.08. The molecule has 4 nitrogen and oxygen atoms in total. The van der Waals surface area contributed by atoms with Crippen LogP contribution in [0, 0.1) is 0 Å². The second-order valence-electron chi connectivity index (χ2n) is 4.35. The van der Waals surface area contributed by atoms with Crippen LogP contribution >= 0.6 is 23.5 Å². The summed E-state index contributed by atoms with van der Waals surface area (Å²) in [5.41, 5.74) is 2.28. The molecule has 0 saturated heterocycles. The fraction of sp³-hybridized carbons (Fsp3) is 0.333. The molecule has 112 valence electrons. The molecule has 1 heterocycles. The summed E-state index contributed by atoms with van der Waals surface area (Å²) in [6.45, 7) is 0. The summed E-state index contributed by atoms with van der Waals surface area (Å²) < 4.78 is 5.16. The van der Waals surface area contributed by atoms with Crippen molar-refractivity contribution in [3.05, 3.63) is 41.6 Å². The molecule has 1 aromatic carbocycles. The molecule has 0 aliphatic carbocycles. The van der Waals surface area contributed by atoms with Crippen molar-refractivity contribution in [3.8, 4) is 5.75 Å². The Morgan fingerprint density at radius 3 is 2.52 bits per heavy atom. The zero-order chi connectivity index (χ0) is 15.1. The molecule has 0 fully saturated rings. The molecule has 0 aliphatic rings. The third kappa shape index (κ3) is 4.82. The predicted octanol–water partition coefficient (Wildman–Crippen LogP) is 3.68. The summed E-state index contributed by atoms with van der Waals surface area (Å²) in [5, 5.41) is 3.90. The third-order valence-electron chi connectivity index (χ3n) is 2.83. The van der Waals surface area contributed by atoms with Crippen molar-refractivity contribution in [1.82, 2.24) is 9.97 Å². The van der Waals surface area contributed by atoms with E-state index in [0.717, 1.165) is 33.9 Å². The first kappa shape index (κ1) is 16.0. The van der Waals surface area contributed by atoms with Gasteiger partial charge in [0.25, 0.3) is 0 Å². The number of anilines is 1. The average Bonchev–Trinajstić information content (AvgIpc) is 2.53. The number of methoxy groups -OCH3 is 1. The lowest BCUT2D eigenvalue weighted by Crippen LogP contribution is -1.99. The Kier molecular flexibility index (Phi) is 6.20. The molecule has 0 aliphatic heterocycles. The monoisotopic (exact) mass is 321 g/mol.